The first-order valence-electron chi connectivity index (χ1n) is 11.4. The molecule has 1 nitrogen and oxygen atoms in total. The smallest absolute Gasteiger partial charge is 0.197 e. The highest BCUT2D eigenvalue weighted by atomic mass is 32.2. The van der Waals surface area contributed by atoms with Crippen LogP contribution in [0.1, 0.15) is 0 Å². The zero-order valence-corrected chi connectivity index (χ0v) is 19.1. The first-order chi connectivity index (χ1) is 16.3. The lowest BCUT2D eigenvalue weighted by atomic mass is 10.0. The summed E-state index contributed by atoms with van der Waals surface area (Å²) in [7, 11) is 2.20. The van der Waals surface area contributed by atoms with Gasteiger partial charge >= 0.3 is 0 Å². The molecule has 2 aliphatic carbocycles. The van der Waals surface area contributed by atoms with Crippen LogP contribution < -0.4 is 0 Å². The van der Waals surface area contributed by atoms with E-state index < -0.39 is 0 Å². The molecule has 0 amide bonds. The monoisotopic (exact) mass is 440 g/mol. The lowest BCUT2D eigenvalue weighted by Crippen LogP contribution is -2.27. The van der Waals surface area contributed by atoms with Crippen molar-refractivity contribution in [2.24, 2.45) is 0 Å². The lowest BCUT2D eigenvalue weighted by molar-refractivity contribution is -0.408. The van der Waals surface area contributed by atoms with E-state index in [1.165, 1.54) is 58.0 Å². The maximum atomic E-state index is 2.43. The molecule has 1 aliphatic heterocycles. The summed E-state index contributed by atoms with van der Waals surface area (Å²) in [5.41, 5.74) is 2.63. The van der Waals surface area contributed by atoms with E-state index >= 15 is 0 Å². The molecule has 0 saturated heterocycles. The minimum absolute atomic E-state index is 0.363. The predicted octanol–water partition coefficient (Wildman–Crippen LogP) is 6.46. The molecule has 3 aliphatic rings. The van der Waals surface area contributed by atoms with Crippen LogP contribution in [0.25, 0.3) is 0 Å². The molecule has 4 aromatic carbocycles. The van der Waals surface area contributed by atoms with Gasteiger partial charge in [0.1, 0.15) is 12.3 Å². The van der Waals surface area contributed by atoms with Gasteiger partial charge in [0.15, 0.2) is 5.71 Å². The highest BCUT2D eigenvalue weighted by Gasteiger charge is 2.31. The molecular weight excluding hydrogens is 418 g/mol. The summed E-state index contributed by atoms with van der Waals surface area (Å²) in [5, 5.41) is 10.7. The fourth-order valence-corrected chi connectivity index (χ4v) is 6.72. The van der Waals surface area contributed by atoms with Crippen LogP contribution in [-0.2, 0) is 0 Å². The van der Waals surface area contributed by atoms with Gasteiger partial charge < -0.3 is 0 Å². The highest BCUT2D eigenvalue weighted by molar-refractivity contribution is 8.01. The van der Waals surface area contributed by atoms with Crippen LogP contribution in [0.2, 0.25) is 0 Å². The van der Waals surface area contributed by atoms with Crippen LogP contribution in [0.15, 0.2) is 114 Å². The summed E-state index contributed by atoms with van der Waals surface area (Å²) in [6.45, 7) is 0. The Bertz CT molecular complexity index is 1970. The van der Waals surface area contributed by atoms with Crippen molar-refractivity contribution in [1.29, 1.82) is 0 Å². The van der Waals surface area contributed by atoms with E-state index in [4.69, 9.17) is 0 Å². The van der Waals surface area contributed by atoms with Gasteiger partial charge in [0.25, 0.3) is 0 Å². The SMILES string of the molecule is C[N+]1=C2C=CC=CC2Sc2cc3c(cc21)=c1ccccc1=c1ccccc1=c1ccccc1=3. The van der Waals surface area contributed by atoms with E-state index in [9.17, 15) is 0 Å². The van der Waals surface area contributed by atoms with Gasteiger partial charge in [0, 0.05) is 12.1 Å². The quantitative estimate of drug-likeness (QED) is 0.250. The van der Waals surface area contributed by atoms with E-state index in [2.05, 4.69) is 121 Å². The fourth-order valence-electron chi connectivity index (χ4n) is 5.42. The molecule has 0 aromatic heterocycles. The first-order valence-corrected chi connectivity index (χ1v) is 12.3. The van der Waals surface area contributed by atoms with Crippen molar-refractivity contribution in [2.45, 2.75) is 10.1 Å². The predicted molar refractivity (Wildman–Crippen MR) is 135 cm³/mol. The molecule has 156 valence electrons. The van der Waals surface area contributed by atoms with Gasteiger partial charge in [-0.3, -0.25) is 0 Å². The second-order valence-electron chi connectivity index (χ2n) is 8.77. The number of rotatable bonds is 0. The first kappa shape index (κ1) is 18.9. The van der Waals surface area contributed by atoms with Gasteiger partial charge in [-0.15, -0.1) is 11.8 Å². The van der Waals surface area contributed by atoms with Crippen molar-refractivity contribution in [3.8, 4) is 0 Å². The van der Waals surface area contributed by atoms with E-state index in [0.717, 1.165) is 0 Å². The third-order valence-corrected chi connectivity index (χ3v) is 8.23. The van der Waals surface area contributed by atoms with E-state index in [1.54, 1.807) is 0 Å². The van der Waals surface area contributed by atoms with E-state index in [1.807, 2.05) is 11.8 Å². The average molecular weight is 441 g/mol. The lowest BCUT2D eigenvalue weighted by Gasteiger charge is -2.21. The summed E-state index contributed by atoms with van der Waals surface area (Å²) in [4.78, 5) is 1.34. The van der Waals surface area contributed by atoms with Crippen LogP contribution >= 0.6 is 11.8 Å². The van der Waals surface area contributed by atoms with Crippen molar-refractivity contribution in [1.82, 2.24) is 0 Å². The summed E-state index contributed by atoms with van der Waals surface area (Å²) < 4.78 is 2.37. The number of fused-ring (bicyclic) bond motifs is 6. The Morgan fingerprint density at radius 1 is 0.606 bits per heavy atom. The number of benzene rings is 4. The maximum Gasteiger partial charge on any atom is 0.219 e. The summed E-state index contributed by atoms with van der Waals surface area (Å²) in [6, 6.07) is 31.4. The van der Waals surface area contributed by atoms with Gasteiger partial charge in [-0.1, -0.05) is 91.0 Å². The Labute approximate surface area is 195 Å². The molecule has 0 saturated carbocycles. The zero-order valence-electron chi connectivity index (χ0n) is 18.3. The van der Waals surface area contributed by atoms with Crippen LogP contribution in [0.4, 0.5) is 5.69 Å². The van der Waals surface area contributed by atoms with Crippen molar-refractivity contribution < 1.29 is 4.58 Å². The summed E-state index contributed by atoms with van der Waals surface area (Å²) in [6.07, 6.45) is 8.85. The minimum Gasteiger partial charge on any atom is -0.197 e. The molecule has 7 rings (SSSR count). The van der Waals surface area contributed by atoms with Crippen LogP contribution in [0, 0.1) is 41.7 Å². The Hall–Kier alpha value is -3.62. The van der Waals surface area contributed by atoms with E-state index in [-0.39, 0.29) is 0 Å². The van der Waals surface area contributed by atoms with E-state index in [0.29, 0.717) is 5.25 Å². The maximum absolute atomic E-state index is 2.43. The van der Waals surface area contributed by atoms with Gasteiger partial charge in [-0.25, -0.2) is 0 Å². The summed E-state index contributed by atoms with van der Waals surface area (Å²) >= 11 is 1.95. The molecule has 2 heteroatoms. The average Bonchev–Trinajstić information content (AvgIpc) is 2.88. The van der Waals surface area contributed by atoms with Crippen LogP contribution in [-0.4, -0.2) is 22.6 Å². The number of hydrogen-bond acceptors (Lipinski definition) is 1. The minimum atomic E-state index is 0.363. The van der Waals surface area contributed by atoms with Gasteiger partial charge in [-0.2, -0.15) is 4.58 Å². The second-order valence-corrected chi connectivity index (χ2v) is 9.95. The third kappa shape index (κ3) is 2.77. The molecule has 1 atom stereocenters. The van der Waals surface area contributed by atoms with Gasteiger partial charge in [0.2, 0.25) is 5.69 Å². The van der Waals surface area contributed by atoms with Crippen molar-refractivity contribution >= 4 is 23.2 Å². The number of nitrogens with zero attached hydrogens (tertiary/aromatic N) is 1. The molecule has 0 N–H and O–H groups in total. The Morgan fingerprint density at radius 2 is 1.09 bits per heavy atom. The standard InChI is InChI=1S/C31H22NS/c1-32-28-16-8-9-17-30(28)33-31-19-27-25-15-7-5-13-23(25)21-11-3-2-10-20(21)22-12-4-6-14-24(22)26(27)18-29(31)32/h2-19,30H,1H3/q+1. The largest absolute Gasteiger partial charge is 0.219 e. The molecule has 0 radical (unpaired) electrons. The molecule has 1 heterocycles. The second kappa shape index (κ2) is 7.19. The molecule has 4 aromatic rings. The number of hydrogen-bond donors (Lipinski definition) is 0. The topological polar surface area (TPSA) is 3.01 Å². The summed E-state index contributed by atoms with van der Waals surface area (Å²) in [5.74, 6) is 0. The Balaban J connectivity index is 1.85. The number of thioether (sulfide) groups is 1. The Kier molecular flexibility index (Phi) is 4.12. The molecule has 1 unspecified atom stereocenters. The van der Waals surface area contributed by atoms with Gasteiger partial charge in [0.05, 0.1) is 4.90 Å². The Morgan fingerprint density at radius 3 is 1.64 bits per heavy atom. The molecule has 0 bridgehead atoms. The fraction of sp³-hybridized carbons (Fsp3) is 0.0645. The van der Waals surface area contributed by atoms with Crippen molar-refractivity contribution in [2.75, 3.05) is 7.05 Å². The van der Waals surface area contributed by atoms with Crippen molar-refractivity contribution in [3.05, 3.63) is 151 Å². The van der Waals surface area contributed by atoms with Crippen LogP contribution in [0.5, 0.6) is 0 Å². The molecule has 33 heavy (non-hydrogen) atoms. The normalized spacial score (nSPS) is 17.1. The van der Waals surface area contributed by atoms with Crippen LogP contribution in [0.3, 0.4) is 0 Å². The molecular formula is C31H22NS+. The zero-order chi connectivity index (χ0) is 21.9. The van der Waals surface area contributed by atoms with Crippen molar-refractivity contribution in [3.63, 3.8) is 0 Å². The number of allylic oxidation sites excluding steroid dienone is 3. The third-order valence-electron chi connectivity index (χ3n) is 7.00. The highest BCUT2D eigenvalue weighted by Crippen LogP contribution is 2.39. The molecule has 0 fully saturated rings. The molecule has 0 spiro atoms. The van der Waals surface area contributed by atoms with Gasteiger partial charge in [-0.05, 0) is 47.8 Å².